The number of likely N-dealkylation sites (tertiary alicyclic amines) is 1. The summed E-state index contributed by atoms with van der Waals surface area (Å²) in [5.74, 6) is 0. The standard InChI is InChI=1S/C9H18N2/c1-8(2)11-6-9(7-11)4-3-5-10-9/h8,10H,3-7H2,1-2H3. The molecule has 2 rings (SSSR count). The van der Waals surface area contributed by atoms with E-state index in [0.29, 0.717) is 5.54 Å². The van der Waals surface area contributed by atoms with Crippen molar-refractivity contribution in [3.05, 3.63) is 0 Å². The van der Waals surface area contributed by atoms with E-state index in [0.717, 1.165) is 6.04 Å². The molecule has 0 aromatic carbocycles. The van der Waals surface area contributed by atoms with Gasteiger partial charge in [0, 0.05) is 24.7 Å². The van der Waals surface area contributed by atoms with Crippen molar-refractivity contribution in [3.8, 4) is 0 Å². The van der Waals surface area contributed by atoms with Crippen LogP contribution in [-0.2, 0) is 0 Å². The summed E-state index contributed by atoms with van der Waals surface area (Å²) >= 11 is 0. The number of rotatable bonds is 1. The van der Waals surface area contributed by atoms with E-state index in [2.05, 4.69) is 24.1 Å². The predicted octanol–water partition coefficient (Wildman–Crippen LogP) is 0.833. The van der Waals surface area contributed by atoms with Crippen molar-refractivity contribution in [1.82, 2.24) is 10.2 Å². The fraction of sp³-hybridized carbons (Fsp3) is 1.00. The van der Waals surface area contributed by atoms with Gasteiger partial charge in [0.1, 0.15) is 0 Å². The summed E-state index contributed by atoms with van der Waals surface area (Å²) in [6.07, 6.45) is 2.78. The first-order valence-electron chi connectivity index (χ1n) is 4.71. The molecule has 64 valence electrons. The van der Waals surface area contributed by atoms with Crippen LogP contribution in [0.2, 0.25) is 0 Å². The van der Waals surface area contributed by atoms with Gasteiger partial charge in [-0.15, -0.1) is 0 Å². The Bertz CT molecular complexity index is 140. The van der Waals surface area contributed by atoms with E-state index in [1.165, 1.54) is 32.5 Å². The molecule has 2 fully saturated rings. The second-order valence-electron chi connectivity index (χ2n) is 4.31. The molecule has 0 unspecified atom stereocenters. The van der Waals surface area contributed by atoms with Crippen LogP contribution in [0, 0.1) is 0 Å². The second kappa shape index (κ2) is 2.46. The molecule has 1 spiro atoms. The molecule has 2 aliphatic heterocycles. The average Bonchev–Trinajstić information content (AvgIpc) is 2.29. The van der Waals surface area contributed by atoms with Gasteiger partial charge in [-0.2, -0.15) is 0 Å². The molecule has 2 saturated heterocycles. The van der Waals surface area contributed by atoms with E-state index in [9.17, 15) is 0 Å². The molecule has 11 heavy (non-hydrogen) atoms. The smallest absolute Gasteiger partial charge is 0.0438 e. The topological polar surface area (TPSA) is 15.3 Å². The summed E-state index contributed by atoms with van der Waals surface area (Å²) < 4.78 is 0. The van der Waals surface area contributed by atoms with Crippen molar-refractivity contribution in [2.24, 2.45) is 0 Å². The summed E-state index contributed by atoms with van der Waals surface area (Å²) in [5.41, 5.74) is 0.546. The van der Waals surface area contributed by atoms with E-state index in [1.807, 2.05) is 0 Å². The first kappa shape index (κ1) is 7.56. The highest BCUT2D eigenvalue weighted by atomic mass is 15.3. The lowest BCUT2D eigenvalue weighted by Gasteiger charge is -2.50. The van der Waals surface area contributed by atoms with E-state index in [1.54, 1.807) is 0 Å². The van der Waals surface area contributed by atoms with Crippen molar-refractivity contribution in [2.75, 3.05) is 19.6 Å². The molecular formula is C9H18N2. The van der Waals surface area contributed by atoms with Gasteiger partial charge in [-0.3, -0.25) is 4.90 Å². The lowest BCUT2D eigenvalue weighted by Crippen LogP contribution is -2.68. The normalized spacial score (nSPS) is 29.7. The Hall–Kier alpha value is -0.0800. The Kier molecular flexibility index (Phi) is 1.69. The van der Waals surface area contributed by atoms with Gasteiger partial charge in [-0.25, -0.2) is 0 Å². The lowest BCUT2D eigenvalue weighted by atomic mass is 9.87. The number of hydrogen-bond donors (Lipinski definition) is 1. The third-order valence-electron chi connectivity index (χ3n) is 3.07. The highest BCUT2D eigenvalue weighted by Crippen LogP contribution is 2.30. The lowest BCUT2D eigenvalue weighted by molar-refractivity contribution is 0.0290. The van der Waals surface area contributed by atoms with Gasteiger partial charge in [0.15, 0.2) is 0 Å². The van der Waals surface area contributed by atoms with Crippen molar-refractivity contribution < 1.29 is 0 Å². The fourth-order valence-corrected chi connectivity index (χ4v) is 2.23. The van der Waals surface area contributed by atoms with Crippen molar-refractivity contribution >= 4 is 0 Å². The molecule has 0 aromatic rings. The minimum absolute atomic E-state index is 0.546. The molecule has 1 N–H and O–H groups in total. The molecule has 2 heterocycles. The third kappa shape index (κ3) is 1.18. The Morgan fingerprint density at radius 1 is 1.36 bits per heavy atom. The van der Waals surface area contributed by atoms with Gasteiger partial charge >= 0.3 is 0 Å². The van der Waals surface area contributed by atoms with Crippen molar-refractivity contribution in [2.45, 2.75) is 38.3 Å². The fourth-order valence-electron chi connectivity index (χ4n) is 2.23. The zero-order valence-corrected chi connectivity index (χ0v) is 7.56. The van der Waals surface area contributed by atoms with Crippen molar-refractivity contribution in [1.29, 1.82) is 0 Å². The molecule has 0 bridgehead atoms. The molecule has 2 aliphatic rings. The van der Waals surface area contributed by atoms with Crippen LogP contribution in [0.5, 0.6) is 0 Å². The first-order valence-corrected chi connectivity index (χ1v) is 4.71. The van der Waals surface area contributed by atoms with Crippen LogP contribution >= 0.6 is 0 Å². The third-order valence-corrected chi connectivity index (χ3v) is 3.07. The quantitative estimate of drug-likeness (QED) is 0.602. The summed E-state index contributed by atoms with van der Waals surface area (Å²) in [6.45, 7) is 8.37. The summed E-state index contributed by atoms with van der Waals surface area (Å²) in [5, 5.41) is 3.61. The van der Waals surface area contributed by atoms with Crippen LogP contribution in [-0.4, -0.2) is 36.1 Å². The van der Waals surface area contributed by atoms with Gasteiger partial charge in [0.2, 0.25) is 0 Å². The molecule has 0 aromatic heterocycles. The van der Waals surface area contributed by atoms with Gasteiger partial charge in [-0.05, 0) is 33.2 Å². The zero-order valence-electron chi connectivity index (χ0n) is 7.56. The molecule has 2 nitrogen and oxygen atoms in total. The van der Waals surface area contributed by atoms with Crippen LogP contribution in [0.3, 0.4) is 0 Å². The van der Waals surface area contributed by atoms with Crippen LogP contribution in [0.15, 0.2) is 0 Å². The molecule has 0 atom stereocenters. The SMILES string of the molecule is CC(C)N1CC2(CCCN2)C1. The monoisotopic (exact) mass is 154 g/mol. The van der Waals surface area contributed by atoms with Gasteiger partial charge < -0.3 is 5.32 Å². The number of hydrogen-bond acceptors (Lipinski definition) is 2. The summed E-state index contributed by atoms with van der Waals surface area (Å²) in [7, 11) is 0. The van der Waals surface area contributed by atoms with Gasteiger partial charge in [0.05, 0.1) is 0 Å². The number of nitrogens with one attached hydrogen (secondary N) is 1. The van der Waals surface area contributed by atoms with Crippen molar-refractivity contribution in [3.63, 3.8) is 0 Å². The van der Waals surface area contributed by atoms with Crippen LogP contribution in [0.1, 0.15) is 26.7 Å². The first-order chi connectivity index (χ1) is 5.22. The molecule has 0 amide bonds. The maximum atomic E-state index is 3.61. The Morgan fingerprint density at radius 3 is 2.55 bits per heavy atom. The molecule has 0 saturated carbocycles. The minimum Gasteiger partial charge on any atom is -0.309 e. The van der Waals surface area contributed by atoms with Crippen LogP contribution in [0.25, 0.3) is 0 Å². The largest absolute Gasteiger partial charge is 0.309 e. The zero-order chi connectivity index (χ0) is 7.90. The van der Waals surface area contributed by atoms with Gasteiger partial charge in [0.25, 0.3) is 0 Å². The van der Waals surface area contributed by atoms with E-state index in [4.69, 9.17) is 0 Å². The van der Waals surface area contributed by atoms with E-state index in [-0.39, 0.29) is 0 Å². The van der Waals surface area contributed by atoms with Crippen LogP contribution in [0.4, 0.5) is 0 Å². The Balaban J connectivity index is 1.86. The number of nitrogens with zero attached hydrogens (tertiary/aromatic N) is 1. The van der Waals surface area contributed by atoms with E-state index >= 15 is 0 Å². The maximum absolute atomic E-state index is 3.61. The Morgan fingerprint density at radius 2 is 2.09 bits per heavy atom. The second-order valence-corrected chi connectivity index (χ2v) is 4.31. The highest BCUT2D eigenvalue weighted by Gasteiger charge is 2.44. The predicted molar refractivity (Wildman–Crippen MR) is 46.7 cm³/mol. The molecule has 0 radical (unpaired) electrons. The summed E-state index contributed by atoms with van der Waals surface area (Å²) in [6, 6.07) is 0.739. The molecule has 0 aliphatic carbocycles. The highest BCUT2D eigenvalue weighted by molar-refractivity contribution is 5.06. The summed E-state index contributed by atoms with van der Waals surface area (Å²) in [4.78, 5) is 2.54. The van der Waals surface area contributed by atoms with Gasteiger partial charge in [-0.1, -0.05) is 0 Å². The average molecular weight is 154 g/mol. The van der Waals surface area contributed by atoms with Crippen LogP contribution < -0.4 is 5.32 Å². The Labute approximate surface area is 69.0 Å². The maximum Gasteiger partial charge on any atom is 0.0438 e. The molecule has 2 heteroatoms. The molecular weight excluding hydrogens is 136 g/mol. The minimum atomic E-state index is 0.546. The van der Waals surface area contributed by atoms with E-state index < -0.39 is 0 Å².